The molecule has 56 heavy (non-hydrogen) atoms. The number of benzene rings is 6. The summed E-state index contributed by atoms with van der Waals surface area (Å²) >= 11 is 0. The summed E-state index contributed by atoms with van der Waals surface area (Å²) in [5, 5.41) is 5.17. The lowest BCUT2D eigenvalue weighted by Crippen LogP contribution is -2.23. The van der Waals surface area contributed by atoms with Crippen molar-refractivity contribution in [3.05, 3.63) is 144 Å². The highest BCUT2D eigenvalue weighted by molar-refractivity contribution is 6.13. The average molecular weight is 737 g/mol. The van der Waals surface area contributed by atoms with Crippen molar-refractivity contribution in [3.8, 4) is 22.5 Å². The van der Waals surface area contributed by atoms with E-state index in [0.29, 0.717) is 5.92 Å². The Labute approximate surface area is 335 Å². The second kappa shape index (κ2) is 13.3. The highest BCUT2D eigenvalue weighted by atomic mass is 15.0. The molecule has 0 aliphatic rings. The minimum atomic E-state index is 0.0425. The van der Waals surface area contributed by atoms with Crippen molar-refractivity contribution in [2.75, 3.05) is 0 Å². The van der Waals surface area contributed by atoms with Gasteiger partial charge in [-0.05, 0) is 135 Å². The fraction of sp³-hybridized carbons (Fsp3) is 0.333. The van der Waals surface area contributed by atoms with Gasteiger partial charge in [-0.2, -0.15) is 0 Å². The smallest absolute Gasteiger partial charge is 0.0541 e. The van der Waals surface area contributed by atoms with E-state index in [1.807, 2.05) is 0 Å². The van der Waals surface area contributed by atoms with E-state index in [1.54, 1.807) is 0 Å². The molecule has 286 valence electrons. The van der Waals surface area contributed by atoms with Gasteiger partial charge in [-0.25, -0.2) is 0 Å². The predicted octanol–water partition coefficient (Wildman–Crippen LogP) is 15.7. The first kappa shape index (κ1) is 37.8. The van der Waals surface area contributed by atoms with Gasteiger partial charge in [0.1, 0.15) is 0 Å². The number of rotatable bonds is 5. The fourth-order valence-electron chi connectivity index (χ4n) is 8.86. The molecule has 8 rings (SSSR count). The first-order valence-corrected chi connectivity index (χ1v) is 20.6. The minimum Gasteiger partial charge on any atom is -0.309 e. The van der Waals surface area contributed by atoms with Crippen LogP contribution >= 0.6 is 0 Å². The highest BCUT2D eigenvalue weighted by Crippen LogP contribution is 2.44. The number of fused-ring (bicyclic) bond motifs is 6. The molecule has 0 spiro atoms. The van der Waals surface area contributed by atoms with Gasteiger partial charge in [0.25, 0.3) is 0 Å². The van der Waals surface area contributed by atoms with Crippen molar-refractivity contribution in [2.45, 2.75) is 106 Å². The Hall–Kier alpha value is -5.08. The van der Waals surface area contributed by atoms with Gasteiger partial charge in [-0.15, -0.1) is 0 Å². The topological polar surface area (TPSA) is 9.86 Å². The summed E-state index contributed by atoms with van der Waals surface area (Å²) in [5.74, 6) is 0.478. The summed E-state index contributed by atoms with van der Waals surface area (Å²) in [6, 6.07) is 48.6. The molecule has 6 aromatic carbocycles. The van der Waals surface area contributed by atoms with Gasteiger partial charge in [0.15, 0.2) is 0 Å². The lowest BCUT2D eigenvalue weighted by molar-refractivity contribution is 0.229. The number of hydrogen-bond acceptors (Lipinski definition) is 0. The lowest BCUT2D eigenvalue weighted by Gasteiger charge is -2.36. The molecular formula is C54H60N2. The largest absolute Gasteiger partial charge is 0.309 e. The summed E-state index contributed by atoms with van der Waals surface area (Å²) in [4.78, 5) is 0. The third-order valence-electron chi connectivity index (χ3n) is 12.0. The molecule has 0 aliphatic carbocycles. The molecule has 1 atom stereocenters. The van der Waals surface area contributed by atoms with Crippen LogP contribution in [0.25, 0.3) is 66.1 Å². The van der Waals surface area contributed by atoms with E-state index in [4.69, 9.17) is 0 Å². The quantitative estimate of drug-likeness (QED) is 0.166. The van der Waals surface area contributed by atoms with Crippen molar-refractivity contribution >= 4 is 43.6 Å². The molecule has 0 aliphatic heterocycles. The van der Waals surface area contributed by atoms with Crippen LogP contribution in [0.5, 0.6) is 0 Å². The predicted molar refractivity (Wildman–Crippen MR) is 244 cm³/mol. The molecule has 0 saturated carbocycles. The third kappa shape index (κ3) is 6.87. The van der Waals surface area contributed by atoms with E-state index >= 15 is 0 Å². The molecule has 0 radical (unpaired) electrons. The van der Waals surface area contributed by atoms with Gasteiger partial charge in [-0.3, -0.25) is 0 Å². The maximum atomic E-state index is 2.48. The zero-order valence-electron chi connectivity index (χ0n) is 35.8. The minimum absolute atomic E-state index is 0.0425. The second-order valence-corrected chi connectivity index (χ2v) is 20.7. The number of hydrogen-bond donors (Lipinski definition) is 0. The van der Waals surface area contributed by atoms with Crippen LogP contribution in [0.4, 0.5) is 0 Å². The number of aromatic nitrogens is 2. The van der Waals surface area contributed by atoms with Crippen LogP contribution in [-0.4, -0.2) is 9.13 Å². The Kier molecular flexibility index (Phi) is 8.96. The van der Waals surface area contributed by atoms with Crippen LogP contribution < -0.4 is 0 Å². The van der Waals surface area contributed by atoms with Crippen molar-refractivity contribution < 1.29 is 0 Å². The van der Waals surface area contributed by atoms with E-state index in [9.17, 15) is 0 Å². The standard InChI is InChI=1S/C54H60N2/c1-51(2,3)34-46(54(10,11)12)35-18-24-41(25-19-35)56-48-27-21-37(31-43(48)45-33-39(53(7,8)9)23-29-50(45)56)36-20-26-47-42(30-36)44-32-38(52(4,5)6)22-28-49(44)55(47)40-16-14-13-15-17-40/h13-33,46H,34H2,1-12H3. The Morgan fingerprint density at radius 2 is 0.804 bits per heavy atom. The zero-order valence-corrected chi connectivity index (χ0v) is 35.8. The van der Waals surface area contributed by atoms with Gasteiger partial charge in [0.05, 0.1) is 22.1 Å². The van der Waals surface area contributed by atoms with Gasteiger partial charge < -0.3 is 9.13 Å². The summed E-state index contributed by atoms with van der Waals surface area (Å²) in [7, 11) is 0. The fourth-order valence-corrected chi connectivity index (χ4v) is 8.86. The molecule has 2 heterocycles. The second-order valence-electron chi connectivity index (χ2n) is 20.7. The summed E-state index contributed by atoms with van der Waals surface area (Å²) < 4.78 is 4.90. The maximum Gasteiger partial charge on any atom is 0.0541 e. The summed E-state index contributed by atoms with van der Waals surface area (Å²) in [6.45, 7) is 28.1. The molecule has 0 amide bonds. The van der Waals surface area contributed by atoms with Crippen molar-refractivity contribution in [2.24, 2.45) is 10.8 Å². The molecule has 2 aromatic heterocycles. The van der Waals surface area contributed by atoms with E-state index in [-0.39, 0.29) is 21.7 Å². The molecule has 0 saturated heterocycles. The maximum absolute atomic E-state index is 2.48. The number of nitrogens with zero attached hydrogens (tertiary/aromatic N) is 2. The van der Waals surface area contributed by atoms with Gasteiger partial charge >= 0.3 is 0 Å². The van der Waals surface area contributed by atoms with Crippen LogP contribution in [0.15, 0.2) is 127 Å². The SMILES string of the molecule is CC(C)(C)CC(c1ccc(-n2c3ccc(-c4ccc5c(c4)c4cc(C(C)(C)C)ccc4n5-c4ccccc4)cc3c3cc(C(C)(C)C)ccc32)cc1)C(C)(C)C. The van der Waals surface area contributed by atoms with Gasteiger partial charge in [0.2, 0.25) is 0 Å². The highest BCUT2D eigenvalue weighted by Gasteiger charge is 2.30. The van der Waals surface area contributed by atoms with Crippen LogP contribution in [0.2, 0.25) is 0 Å². The summed E-state index contributed by atoms with van der Waals surface area (Å²) in [6.07, 6.45) is 1.15. The lowest BCUT2D eigenvalue weighted by atomic mass is 9.69. The molecule has 0 bridgehead atoms. The van der Waals surface area contributed by atoms with E-state index in [2.05, 4.69) is 220 Å². The molecule has 0 fully saturated rings. The average Bonchev–Trinajstić information content (AvgIpc) is 3.64. The molecular weight excluding hydrogens is 677 g/mol. The van der Waals surface area contributed by atoms with Gasteiger partial charge in [-0.1, -0.05) is 138 Å². The van der Waals surface area contributed by atoms with Crippen LogP contribution in [0.3, 0.4) is 0 Å². The Morgan fingerprint density at radius 1 is 0.411 bits per heavy atom. The van der Waals surface area contributed by atoms with Crippen LogP contribution in [0.1, 0.15) is 112 Å². The third-order valence-corrected chi connectivity index (χ3v) is 12.0. The normalized spacial score (nSPS) is 13.7. The first-order valence-electron chi connectivity index (χ1n) is 20.6. The molecule has 8 aromatic rings. The van der Waals surface area contributed by atoms with E-state index < -0.39 is 0 Å². The number of para-hydroxylation sites is 1. The Balaban J connectivity index is 1.31. The van der Waals surface area contributed by atoms with Gasteiger partial charge in [0, 0.05) is 32.9 Å². The zero-order chi connectivity index (χ0) is 39.9. The first-order chi connectivity index (χ1) is 26.3. The molecule has 0 N–H and O–H groups in total. The van der Waals surface area contributed by atoms with Crippen molar-refractivity contribution in [3.63, 3.8) is 0 Å². The molecule has 2 heteroatoms. The monoisotopic (exact) mass is 736 g/mol. The molecule has 2 nitrogen and oxygen atoms in total. The van der Waals surface area contributed by atoms with Crippen molar-refractivity contribution in [1.82, 2.24) is 9.13 Å². The van der Waals surface area contributed by atoms with E-state index in [1.165, 1.54) is 82.8 Å². The Bertz CT molecular complexity index is 2720. The van der Waals surface area contributed by atoms with Crippen LogP contribution in [0, 0.1) is 10.8 Å². The van der Waals surface area contributed by atoms with Crippen molar-refractivity contribution in [1.29, 1.82) is 0 Å². The summed E-state index contributed by atoms with van der Waals surface area (Å²) in [5.41, 5.74) is 14.5. The Morgan fingerprint density at radius 3 is 1.20 bits per heavy atom. The van der Waals surface area contributed by atoms with E-state index in [0.717, 1.165) is 6.42 Å². The van der Waals surface area contributed by atoms with Crippen LogP contribution in [-0.2, 0) is 10.8 Å². The molecule has 1 unspecified atom stereocenters.